The van der Waals surface area contributed by atoms with E-state index in [2.05, 4.69) is 6.92 Å². The highest BCUT2D eigenvalue weighted by Crippen LogP contribution is 2.29. The van der Waals surface area contributed by atoms with Crippen molar-refractivity contribution in [1.82, 2.24) is 0 Å². The van der Waals surface area contributed by atoms with E-state index in [0.29, 0.717) is 6.29 Å². The van der Waals surface area contributed by atoms with Gasteiger partial charge in [0.25, 0.3) is 0 Å². The predicted molar refractivity (Wildman–Crippen MR) is 81.3 cm³/mol. The van der Waals surface area contributed by atoms with Crippen LogP contribution in [0.15, 0.2) is 30.3 Å². The summed E-state index contributed by atoms with van der Waals surface area (Å²) in [5, 5.41) is 1.61. The van der Waals surface area contributed by atoms with E-state index in [-0.39, 0.29) is 11.7 Å². The molecule has 2 nitrogen and oxygen atoms in total. The lowest BCUT2D eigenvalue weighted by Crippen LogP contribution is -2.22. The van der Waals surface area contributed by atoms with Crippen LogP contribution in [0.25, 0.3) is 10.8 Å². The van der Waals surface area contributed by atoms with Gasteiger partial charge in [0, 0.05) is 0 Å². The van der Waals surface area contributed by atoms with Crippen LogP contribution in [0, 0.1) is 11.7 Å². The number of halogens is 1. The number of carbonyl (C=O) groups excluding carboxylic acids is 1. The van der Waals surface area contributed by atoms with Gasteiger partial charge in [-0.3, -0.25) is 4.79 Å². The third kappa shape index (κ3) is 3.07. The summed E-state index contributed by atoms with van der Waals surface area (Å²) in [5.74, 6) is 1.11. The lowest BCUT2D eigenvalue weighted by Gasteiger charge is -2.27. The fourth-order valence-electron chi connectivity index (χ4n) is 2.97. The van der Waals surface area contributed by atoms with Crippen molar-refractivity contribution >= 4 is 17.1 Å². The van der Waals surface area contributed by atoms with Crippen LogP contribution in [-0.2, 0) is 0 Å². The second-order valence-corrected chi connectivity index (χ2v) is 6.00. The number of aldehydes is 1. The third-order valence-electron chi connectivity index (χ3n) is 4.32. The Morgan fingerprint density at radius 2 is 1.86 bits per heavy atom. The van der Waals surface area contributed by atoms with Crippen molar-refractivity contribution in [3.05, 3.63) is 41.7 Å². The minimum absolute atomic E-state index is 0.0890. The van der Waals surface area contributed by atoms with E-state index >= 15 is 0 Å². The van der Waals surface area contributed by atoms with Gasteiger partial charge in [-0.25, -0.2) is 4.39 Å². The molecule has 1 fully saturated rings. The van der Waals surface area contributed by atoms with Crippen LogP contribution in [-0.4, -0.2) is 12.4 Å². The van der Waals surface area contributed by atoms with Crippen molar-refractivity contribution in [3.63, 3.8) is 0 Å². The zero-order chi connectivity index (χ0) is 14.8. The molecular formula is C18H19FO2. The molecule has 0 heterocycles. The van der Waals surface area contributed by atoms with Gasteiger partial charge in [0.2, 0.25) is 0 Å². The van der Waals surface area contributed by atoms with Gasteiger partial charge in [0.1, 0.15) is 11.6 Å². The van der Waals surface area contributed by atoms with Crippen molar-refractivity contribution in [3.8, 4) is 5.75 Å². The van der Waals surface area contributed by atoms with E-state index in [1.54, 1.807) is 6.07 Å². The highest BCUT2D eigenvalue weighted by Gasteiger charge is 2.19. The molecule has 0 aliphatic heterocycles. The monoisotopic (exact) mass is 286 g/mol. The van der Waals surface area contributed by atoms with Gasteiger partial charge in [-0.15, -0.1) is 0 Å². The van der Waals surface area contributed by atoms with Gasteiger partial charge in [-0.2, -0.15) is 0 Å². The number of ether oxygens (including phenoxy) is 1. The van der Waals surface area contributed by atoms with Gasteiger partial charge < -0.3 is 4.74 Å². The molecule has 2 aromatic carbocycles. The third-order valence-corrected chi connectivity index (χ3v) is 4.32. The summed E-state index contributed by atoms with van der Waals surface area (Å²) in [6.45, 7) is 2.28. The molecule has 2 aromatic rings. The zero-order valence-electron chi connectivity index (χ0n) is 12.1. The molecule has 0 saturated heterocycles. The molecule has 0 atom stereocenters. The molecule has 110 valence electrons. The molecule has 0 amide bonds. The molecule has 0 spiro atoms. The summed E-state index contributed by atoms with van der Waals surface area (Å²) in [7, 11) is 0. The summed E-state index contributed by atoms with van der Waals surface area (Å²) in [4.78, 5) is 10.8. The van der Waals surface area contributed by atoms with E-state index in [0.717, 1.165) is 35.3 Å². The zero-order valence-corrected chi connectivity index (χ0v) is 12.1. The number of benzene rings is 2. The molecule has 0 bridgehead atoms. The SMILES string of the molecule is CC1CCC(Oc2ccc3cc(F)c(C=O)cc3c2)CC1. The average Bonchev–Trinajstić information content (AvgIpc) is 2.49. The van der Waals surface area contributed by atoms with Crippen LogP contribution in [0.5, 0.6) is 5.75 Å². The highest BCUT2D eigenvalue weighted by atomic mass is 19.1. The van der Waals surface area contributed by atoms with E-state index < -0.39 is 5.82 Å². The molecule has 3 rings (SSSR count). The van der Waals surface area contributed by atoms with Gasteiger partial charge in [-0.1, -0.05) is 13.0 Å². The van der Waals surface area contributed by atoms with Gasteiger partial charge >= 0.3 is 0 Å². The maximum atomic E-state index is 13.6. The molecule has 0 aromatic heterocycles. The summed E-state index contributed by atoms with van der Waals surface area (Å²) in [6.07, 6.45) is 5.40. The number of fused-ring (bicyclic) bond motifs is 1. The van der Waals surface area contributed by atoms with Crippen LogP contribution >= 0.6 is 0 Å². The van der Waals surface area contributed by atoms with Crippen molar-refractivity contribution < 1.29 is 13.9 Å². The van der Waals surface area contributed by atoms with Crippen LogP contribution in [0.4, 0.5) is 4.39 Å². The van der Waals surface area contributed by atoms with E-state index in [9.17, 15) is 9.18 Å². The lowest BCUT2D eigenvalue weighted by atomic mass is 9.89. The lowest BCUT2D eigenvalue weighted by molar-refractivity contribution is 0.112. The van der Waals surface area contributed by atoms with Crippen LogP contribution in [0.2, 0.25) is 0 Å². The van der Waals surface area contributed by atoms with Gasteiger partial charge in [-0.05, 0) is 66.6 Å². The van der Waals surface area contributed by atoms with Crippen LogP contribution in [0.1, 0.15) is 43.0 Å². The Morgan fingerprint density at radius 1 is 1.10 bits per heavy atom. The Bertz CT molecular complexity index is 658. The van der Waals surface area contributed by atoms with E-state index in [1.807, 2.05) is 18.2 Å². The fourth-order valence-corrected chi connectivity index (χ4v) is 2.97. The Kier molecular flexibility index (Phi) is 3.91. The maximum Gasteiger partial charge on any atom is 0.153 e. The second kappa shape index (κ2) is 5.84. The standard InChI is InChI=1S/C18H19FO2/c1-12-2-5-16(6-3-12)21-17-7-4-13-10-18(19)15(11-20)8-14(13)9-17/h4,7-12,16H,2-3,5-6H2,1H3. The minimum Gasteiger partial charge on any atom is -0.490 e. The summed E-state index contributed by atoms with van der Waals surface area (Å²) >= 11 is 0. The van der Waals surface area contributed by atoms with Gasteiger partial charge in [0.05, 0.1) is 11.7 Å². The molecule has 3 heteroatoms. The molecular weight excluding hydrogens is 267 g/mol. The second-order valence-electron chi connectivity index (χ2n) is 6.00. The first-order valence-corrected chi connectivity index (χ1v) is 7.51. The van der Waals surface area contributed by atoms with Crippen LogP contribution < -0.4 is 4.74 Å². The Labute approximate surface area is 123 Å². The molecule has 21 heavy (non-hydrogen) atoms. The molecule has 1 aliphatic rings. The predicted octanol–water partition coefficient (Wildman–Crippen LogP) is 4.75. The first kappa shape index (κ1) is 14.1. The molecule has 0 N–H and O–H groups in total. The van der Waals surface area contributed by atoms with Crippen molar-refractivity contribution in [2.24, 2.45) is 5.92 Å². The molecule has 1 saturated carbocycles. The number of hydrogen-bond donors (Lipinski definition) is 0. The maximum absolute atomic E-state index is 13.6. The Hall–Kier alpha value is -1.90. The van der Waals surface area contributed by atoms with Gasteiger partial charge in [0.15, 0.2) is 6.29 Å². The molecule has 0 unspecified atom stereocenters. The van der Waals surface area contributed by atoms with Crippen LogP contribution in [0.3, 0.4) is 0 Å². The smallest absolute Gasteiger partial charge is 0.153 e. The van der Waals surface area contributed by atoms with E-state index in [4.69, 9.17) is 4.74 Å². The molecule has 1 aliphatic carbocycles. The summed E-state index contributed by atoms with van der Waals surface area (Å²) in [6, 6.07) is 8.58. The normalized spacial score (nSPS) is 22.2. The quantitative estimate of drug-likeness (QED) is 0.761. The van der Waals surface area contributed by atoms with Crippen molar-refractivity contribution in [2.45, 2.75) is 38.7 Å². The van der Waals surface area contributed by atoms with E-state index in [1.165, 1.54) is 18.9 Å². The highest BCUT2D eigenvalue weighted by molar-refractivity contribution is 5.90. The molecule has 0 radical (unpaired) electrons. The number of carbonyl (C=O) groups is 1. The van der Waals surface area contributed by atoms with Crippen molar-refractivity contribution in [2.75, 3.05) is 0 Å². The Morgan fingerprint density at radius 3 is 2.57 bits per heavy atom. The van der Waals surface area contributed by atoms with Crippen molar-refractivity contribution in [1.29, 1.82) is 0 Å². The average molecular weight is 286 g/mol. The largest absolute Gasteiger partial charge is 0.490 e. The fraction of sp³-hybridized carbons (Fsp3) is 0.389. The first-order chi connectivity index (χ1) is 10.2. The number of hydrogen-bond acceptors (Lipinski definition) is 2. The number of rotatable bonds is 3. The summed E-state index contributed by atoms with van der Waals surface area (Å²) < 4.78 is 19.6. The first-order valence-electron chi connectivity index (χ1n) is 7.51. The topological polar surface area (TPSA) is 26.3 Å². The summed E-state index contributed by atoms with van der Waals surface area (Å²) in [5.41, 5.74) is 0.0890. The minimum atomic E-state index is -0.479. The Balaban J connectivity index is 1.83.